The van der Waals surface area contributed by atoms with Gasteiger partial charge in [0, 0.05) is 16.2 Å². The molecule has 88 valence electrons. The van der Waals surface area contributed by atoms with Crippen molar-refractivity contribution < 1.29 is 8.78 Å². The second kappa shape index (κ2) is 5.15. The maximum Gasteiger partial charge on any atom is 0.159 e. The van der Waals surface area contributed by atoms with Gasteiger partial charge >= 0.3 is 0 Å². The van der Waals surface area contributed by atoms with Gasteiger partial charge < -0.3 is 5.73 Å². The molecule has 1 aliphatic rings. The summed E-state index contributed by atoms with van der Waals surface area (Å²) in [6.07, 6.45) is 4.28. The van der Waals surface area contributed by atoms with E-state index in [0.717, 1.165) is 30.6 Å². The molecule has 2 unspecified atom stereocenters. The van der Waals surface area contributed by atoms with Crippen LogP contribution in [0.3, 0.4) is 0 Å². The van der Waals surface area contributed by atoms with Crippen LogP contribution >= 0.6 is 11.8 Å². The van der Waals surface area contributed by atoms with Crippen LogP contribution < -0.4 is 5.73 Å². The summed E-state index contributed by atoms with van der Waals surface area (Å²) < 4.78 is 25.7. The second-order valence-electron chi connectivity index (χ2n) is 4.24. The van der Waals surface area contributed by atoms with Crippen LogP contribution in [0, 0.1) is 11.6 Å². The van der Waals surface area contributed by atoms with E-state index in [4.69, 9.17) is 5.73 Å². The zero-order chi connectivity index (χ0) is 11.5. The number of hydrogen-bond donors (Lipinski definition) is 1. The molecule has 0 aliphatic heterocycles. The number of hydrogen-bond acceptors (Lipinski definition) is 2. The molecule has 1 fully saturated rings. The Hall–Kier alpha value is -0.610. The topological polar surface area (TPSA) is 26.0 Å². The van der Waals surface area contributed by atoms with Gasteiger partial charge in [-0.15, -0.1) is 11.8 Å². The van der Waals surface area contributed by atoms with Crippen molar-refractivity contribution in [3.8, 4) is 0 Å². The second-order valence-corrected chi connectivity index (χ2v) is 5.62. The molecule has 0 amide bonds. The van der Waals surface area contributed by atoms with E-state index in [2.05, 4.69) is 0 Å². The fourth-order valence-corrected chi connectivity index (χ4v) is 3.36. The van der Waals surface area contributed by atoms with E-state index >= 15 is 0 Å². The number of benzene rings is 1. The van der Waals surface area contributed by atoms with Crippen molar-refractivity contribution in [2.24, 2.45) is 5.73 Å². The minimum atomic E-state index is -0.787. The minimum absolute atomic E-state index is 0.261. The van der Waals surface area contributed by atoms with Crippen LogP contribution in [-0.2, 0) is 0 Å². The molecule has 1 aromatic carbocycles. The molecule has 2 rings (SSSR count). The highest BCUT2D eigenvalue weighted by molar-refractivity contribution is 8.00. The predicted octanol–water partition coefficient (Wildman–Crippen LogP) is 3.33. The van der Waals surface area contributed by atoms with Gasteiger partial charge in [0.15, 0.2) is 11.6 Å². The van der Waals surface area contributed by atoms with Gasteiger partial charge in [0.2, 0.25) is 0 Å². The van der Waals surface area contributed by atoms with Crippen LogP contribution in [0.1, 0.15) is 25.7 Å². The Balaban J connectivity index is 2.00. The van der Waals surface area contributed by atoms with Crippen molar-refractivity contribution in [3.05, 3.63) is 29.8 Å². The lowest BCUT2D eigenvalue weighted by molar-refractivity contribution is 0.451. The molecule has 1 saturated carbocycles. The van der Waals surface area contributed by atoms with Crippen molar-refractivity contribution in [1.29, 1.82) is 0 Å². The highest BCUT2D eigenvalue weighted by Gasteiger charge is 2.20. The lowest BCUT2D eigenvalue weighted by atomic mass is 9.96. The molecule has 16 heavy (non-hydrogen) atoms. The minimum Gasteiger partial charge on any atom is -0.328 e. The molecule has 1 nitrogen and oxygen atoms in total. The molecular formula is C12H15F2NS. The zero-order valence-electron chi connectivity index (χ0n) is 8.96. The fourth-order valence-electron chi connectivity index (χ4n) is 2.03. The first-order chi connectivity index (χ1) is 7.65. The van der Waals surface area contributed by atoms with Crippen LogP contribution in [0.25, 0.3) is 0 Å². The Morgan fingerprint density at radius 2 is 2.00 bits per heavy atom. The van der Waals surface area contributed by atoms with Gasteiger partial charge in [0.1, 0.15) is 0 Å². The average Bonchev–Trinajstić information content (AvgIpc) is 2.24. The maximum atomic E-state index is 13.0. The SMILES string of the molecule is NC1CCCC(Sc2ccc(F)c(F)c2)C1. The number of rotatable bonds is 2. The van der Waals surface area contributed by atoms with Gasteiger partial charge in [-0.25, -0.2) is 8.78 Å². The molecule has 1 aliphatic carbocycles. The Bertz CT molecular complexity index is 370. The molecule has 0 aromatic heterocycles. The van der Waals surface area contributed by atoms with Crippen molar-refractivity contribution in [1.82, 2.24) is 0 Å². The Morgan fingerprint density at radius 3 is 2.69 bits per heavy atom. The third kappa shape index (κ3) is 2.95. The summed E-state index contributed by atoms with van der Waals surface area (Å²) in [7, 11) is 0. The monoisotopic (exact) mass is 243 g/mol. The van der Waals surface area contributed by atoms with Gasteiger partial charge in [-0.05, 0) is 37.5 Å². The van der Waals surface area contributed by atoms with Crippen LogP contribution in [0.2, 0.25) is 0 Å². The molecule has 2 atom stereocenters. The highest BCUT2D eigenvalue weighted by Crippen LogP contribution is 2.33. The summed E-state index contributed by atoms with van der Waals surface area (Å²) >= 11 is 1.60. The summed E-state index contributed by atoms with van der Waals surface area (Å²) in [5, 5.41) is 0.439. The fraction of sp³-hybridized carbons (Fsp3) is 0.500. The molecule has 2 N–H and O–H groups in total. The van der Waals surface area contributed by atoms with E-state index in [9.17, 15) is 8.78 Å². The van der Waals surface area contributed by atoms with Crippen molar-refractivity contribution >= 4 is 11.8 Å². The van der Waals surface area contributed by atoms with Crippen molar-refractivity contribution in [3.63, 3.8) is 0 Å². The van der Waals surface area contributed by atoms with Gasteiger partial charge in [-0.2, -0.15) is 0 Å². The zero-order valence-corrected chi connectivity index (χ0v) is 9.77. The Morgan fingerprint density at radius 1 is 1.19 bits per heavy atom. The molecule has 0 heterocycles. The van der Waals surface area contributed by atoms with E-state index < -0.39 is 11.6 Å². The van der Waals surface area contributed by atoms with Gasteiger partial charge in [0.05, 0.1) is 0 Å². The lowest BCUT2D eigenvalue weighted by Gasteiger charge is -2.26. The largest absolute Gasteiger partial charge is 0.328 e. The molecule has 1 aromatic rings. The molecule has 0 radical (unpaired) electrons. The van der Waals surface area contributed by atoms with E-state index in [1.807, 2.05) is 0 Å². The quantitative estimate of drug-likeness (QED) is 0.862. The van der Waals surface area contributed by atoms with E-state index in [1.54, 1.807) is 17.8 Å². The first-order valence-electron chi connectivity index (χ1n) is 5.52. The highest BCUT2D eigenvalue weighted by atomic mass is 32.2. The van der Waals surface area contributed by atoms with Crippen LogP contribution in [0.4, 0.5) is 8.78 Å². The number of halogens is 2. The molecule has 0 saturated heterocycles. The van der Waals surface area contributed by atoms with Crippen LogP contribution in [-0.4, -0.2) is 11.3 Å². The lowest BCUT2D eigenvalue weighted by Crippen LogP contribution is -2.29. The third-order valence-corrected chi connectivity index (χ3v) is 4.15. The molecule has 0 spiro atoms. The van der Waals surface area contributed by atoms with Gasteiger partial charge in [-0.1, -0.05) is 6.42 Å². The normalized spacial score (nSPS) is 25.7. The standard InChI is InChI=1S/C12H15F2NS/c13-11-5-4-10(7-12(11)14)16-9-3-1-2-8(15)6-9/h4-5,7-9H,1-3,6,15H2. The average molecular weight is 243 g/mol. The predicted molar refractivity (Wildman–Crippen MR) is 62.4 cm³/mol. The smallest absolute Gasteiger partial charge is 0.159 e. The summed E-state index contributed by atoms with van der Waals surface area (Å²) in [4.78, 5) is 0.790. The van der Waals surface area contributed by atoms with Crippen LogP contribution in [0.5, 0.6) is 0 Å². The number of thioether (sulfide) groups is 1. The summed E-state index contributed by atoms with van der Waals surface area (Å²) in [6, 6.07) is 4.33. The first-order valence-corrected chi connectivity index (χ1v) is 6.40. The maximum absolute atomic E-state index is 13.0. The first kappa shape index (κ1) is 11.9. The number of nitrogens with two attached hydrogens (primary N) is 1. The van der Waals surface area contributed by atoms with E-state index in [0.29, 0.717) is 5.25 Å². The summed E-state index contributed by atoms with van der Waals surface area (Å²) in [5.74, 6) is -1.56. The Kier molecular flexibility index (Phi) is 3.82. The Labute approximate surface area is 98.4 Å². The molecule has 4 heteroatoms. The van der Waals surface area contributed by atoms with Crippen molar-refractivity contribution in [2.45, 2.75) is 41.9 Å². The van der Waals surface area contributed by atoms with Crippen molar-refractivity contribution in [2.75, 3.05) is 0 Å². The van der Waals surface area contributed by atoms with Gasteiger partial charge in [0.25, 0.3) is 0 Å². The van der Waals surface area contributed by atoms with E-state index in [-0.39, 0.29) is 6.04 Å². The van der Waals surface area contributed by atoms with Crippen LogP contribution in [0.15, 0.2) is 23.1 Å². The third-order valence-electron chi connectivity index (χ3n) is 2.86. The molecule has 0 bridgehead atoms. The van der Waals surface area contributed by atoms with Gasteiger partial charge in [-0.3, -0.25) is 0 Å². The van der Waals surface area contributed by atoms with E-state index in [1.165, 1.54) is 12.1 Å². The molecular weight excluding hydrogens is 228 g/mol. The summed E-state index contributed by atoms with van der Waals surface area (Å²) in [5.41, 5.74) is 5.89. The summed E-state index contributed by atoms with van der Waals surface area (Å²) in [6.45, 7) is 0.